The molecule has 22 heavy (non-hydrogen) atoms. The molecule has 0 unspecified atom stereocenters. The van der Waals surface area contributed by atoms with E-state index in [1.165, 1.54) is 9.75 Å². The first-order chi connectivity index (χ1) is 10.5. The summed E-state index contributed by atoms with van der Waals surface area (Å²) < 4.78 is 5.91. The van der Waals surface area contributed by atoms with Gasteiger partial charge in [-0.2, -0.15) is 0 Å². The summed E-state index contributed by atoms with van der Waals surface area (Å²) in [6.45, 7) is 9.06. The lowest BCUT2D eigenvalue weighted by molar-refractivity contribution is -0.135. The molecule has 3 rings (SSSR count). The van der Waals surface area contributed by atoms with Gasteiger partial charge in [0.15, 0.2) is 0 Å². The maximum absolute atomic E-state index is 12.6. The molecule has 0 bridgehead atoms. The van der Waals surface area contributed by atoms with E-state index in [1.807, 2.05) is 11.3 Å². The minimum Gasteiger partial charge on any atom is -0.378 e. The van der Waals surface area contributed by atoms with Crippen LogP contribution in [-0.4, -0.2) is 36.6 Å². The zero-order valence-electron chi connectivity index (χ0n) is 13.9. The number of hydrogen-bond acceptors (Lipinski definition) is 3. The number of hydrogen-bond donors (Lipinski definition) is 0. The third kappa shape index (κ3) is 3.72. The summed E-state index contributed by atoms with van der Waals surface area (Å²) in [5.41, 5.74) is 0. The van der Waals surface area contributed by atoms with Crippen LogP contribution in [0.4, 0.5) is 0 Å². The summed E-state index contributed by atoms with van der Waals surface area (Å²) in [7, 11) is 0. The number of carbonyl (C=O) groups is 1. The lowest BCUT2D eigenvalue weighted by atomic mass is 10.1. The largest absolute Gasteiger partial charge is 0.378 e. The second kappa shape index (κ2) is 6.71. The summed E-state index contributed by atoms with van der Waals surface area (Å²) in [4.78, 5) is 17.4. The van der Waals surface area contributed by atoms with Gasteiger partial charge in [-0.3, -0.25) is 4.79 Å². The highest BCUT2D eigenvalue weighted by Gasteiger charge is 2.46. The van der Waals surface area contributed by atoms with Gasteiger partial charge in [0.05, 0.1) is 6.10 Å². The lowest BCUT2D eigenvalue weighted by Crippen LogP contribution is -2.42. The van der Waals surface area contributed by atoms with Crippen molar-refractivity contribution in [2.45, 2.75) is 52.1 Å². The van der Waals surface area contributed by atoms with Crippen LogP contribution in [0.5, 0.6) is 0 Å². The van der Waals surface area contributed by atoms with Crippen molar-refractivity contribution >= 4 is 17.2 Å². The Kier molecular flexibility index (Phi) is 4.88. The Morgan fingerprint density at radius 3 is 2.68 bits per heavy atom. The van der Waals surface area contributed by atoms with Crippen LogP contribution < -0.4 is 0 Å². The average Bonchev–Trinajstić information content (AvgIpc) is 3.19. The minimum absolute atomic E-state index is 0.242. The Morgan fingerprint density at radius 2 is 2.09 bits per heavy atom. The van der Waals surface area contributed by atoms with Gasteiger partial charge in [-0.1, -0.05) is 13.8 Å². The normalized spacial score (nSPS) is 25.7. The van der Waals surface area contributed by atoms with Gasteiger partial charge in [0.2, 0.25) is 5.91 Å². The van der Waals surface area contributed by atoms with Gasteiger partial charge in [0.1, 0.15) is 0 Å². The first-order valence-electron chi connectivity index (χ1n) is 8.51. The zero-order chi connectivity index (χ0) is 15.7. The van der Waals surface area contributed by atoms with Gasteiger partial charge < -0.3 is 9.64 Å². The van der Waals surface area contributed by atoms with Crippen molar-refractivity contribution in [2.24, 2.45) is 11.8 Å². The van der Waals surface area contributed by atoms with Crippen LogP contribution in [-0.2, 0) is 9.53 Å². The van der Waals surface area contributed by atoms with Gasteiger partial charge in [0, 0.05) is 41.3 Å². The highest BCUT2D eigenvalue weighted by Crippen LogP contribution is 2.50. The van der Waals surface area contributed by atoms with Gasteiger partial charge in [0.25, 0.3) is 0 Å². The second-order valence-corrected chi connectivity index (χ2v) is 8.47. The number of aryl methyl sites for hydroxylation is 1. The molecule has 122 valence electrons. The Labute approximate surface area is 137 Å². The molecule has 0 radical (unpaired) electrons. The molecule has 2 aliphatic rings. The fourth-order valence-corrected chi connectivity index (χ4v) is 4.30. The molecule has 4 heteroatoms. The molecule has 2 atom stereocenters. The van der Waals surface area contributed by atoms with Gasteiger partial charge in [-0.25, -0.2) is 0 Å². The summed E-state index contributed by atoms with van der Waals surface area (Å²) in [6.07, 6.45) is 3.38. The van der Waals surface area contributed by atoms with E-state index in [-0.39, 0.29) is 5.92 Å². The molecule has 0 aromatic carbocycles. The number of amides is 1. The topological polar surface area (TPSA) is 29.5 Å². The number of piperidine rings is 1. The molecular weight excluding hydrogens is 294 g/mol. The lowest BCUT2D eigenvalue weighted by Gasteiger charge is -2.32. The average molecular weight is 321 g/mol. The van der Waals surface area contributed by atoms with E-state index in [4.69, 9.17) is 4.74 Å². The van der Waals surface area contributed by atoms with Crippen molar-refractivity contribution in [3.63, 3.8) is 0 Å². The SMILES string of the molecule is Cc1ccc([C@H]2C[C@@H]2C(=O)N2CCC(OCC(C)C)CC2)s1. The van der Waals surface area contributed by atoms with E-state index in [1.54, 1.807) is 0 Å². The summed E-state index contributed by atoms with van der Waals surface area (Å²) in [5, 5.41) is 0. The Bertz CT molecular complexity index is 517. The monoisotopic (exact) mass is 321 g/mol. The van der Waals surface area contributed by atoms with E-state index in [2.05, 4.69) is 37.8 Å². The molecule has 1 saturated carbocycles. The molecule has 1 aliphatic carbocycles. The van der Waals surface area contributed by atoms with E-state index in [0.29, 0.717) is 23.8 Å². The molecule has 1 aromatic heterocycles. The van der Waals surface area contributed by atoms with Crippen molar-refractivity contribution < 1.29 is 9.53 Å². The predicted molar refractivity (Wildman–Crippen MR) is 90.3 cm³/mol. The van der Waals surface area contributed by atoms with Gasteiger partial charge in [-0.15, -0.1) is 11.3 Å². The third-order valence-corrected chi connectivity index (χ3v) is 5.79. The minimum atomic E-state index is 0.242. The first-order valence-corrected chi connectivity index (χ1v) is 9.33. The van der Waals surface area contributed by atoms with Crippen molar-refractivity contribution in [1.29, 1.82) is 0 Å². The van der Waals surface area contributed by atoms with Crippen molar-refractivity contribution in [3.05, 3.63) is 21.9 Å². The molecule has 1 aromatic rings. The number of likely N-dealkylation sites (tertiary alicyclic amines) is 1. The number of thiophene rings is 1. The number of rotatable bonds is 5. The molecular formula is C18H27NO2S. The fourth-order valence-electron chi connectivity index (χ4n) is 3.24. The van der Waals surface area contributed by atoms with Crippen LogP contribution in [0.2, 0.25) is 0 Å². The van der Waals surface area contributed by atoms with Crippen LogP contribution in [0.3, 0.4) is 0 Å². The van der Waals surface area contributed by atoms with E-state index in [9.17, 15) is 4.79 Å². The van der Waals surface area contributed by atoms with Crippen LogP contribution >= 0.6 is 11.3 Å². The zero-order valence-corrected chi connectivity index (χ0v) is 14.7. The highest BCUT2D eigenvalue weighted by atomic mass is 32.1. The summed E-state index contributed by atoms with van der Waals surface area (Å²) in [6, 6.07) is 4.36. The van der Waals surface area contributed by atoms with Gasteiger partial charge in [-0.05, 0) is 44.2 Å². The standard InChI is InChI=1S/C18H27NO2S/c1-12(2)11-21-14-6-8-19(9-7-14)18(20)16-10-15(16)17-5-4-13(3)22-17/h4-5,12,14-16H,6-11H2,1-3H3/t15-,16-/m0/s1. The van der Waals surface area contributed by atoms with E-state index >= 15 is 0 Å². The quantitative estimate of drug-likeness (QED) is 0.825. The van der Waals surface area contributed by atoms with Crippen LogP contribution in [0.15, 0.2) is 12.1 Å². The Balaban J connectivity index is 1.45. The molecule has 1 aliphatic heterocycles. The molecule has 1 amide bonds. The second-order valence-electron chi connectivity index (χ2n) is 7.15. The Hall–Kier alpha value is -0.870. The third-order valence-electron chi connectivity index (χ3n) is 4.65. The molecule has 2 fully saturated rings. The summed E-state index contributed by atoms with van der Waals surface area (Å²) >= 11 is 1.85. The van der Waals surface area contributed by atoms with E-state index < -0.39 is 0 Å². The maximum Gasteiger partial charge on any atom is 0.226 e. The van der Waals surface area contributed by atoms with Crippen LogP contribution in [0.1, 0.15) is 48.8 Å². The molecule has 0 N–H and O–H groups in total. The highest BCUT2D eigenvalue weighted by molar-refractivity contribution is 7.12. The summed E-state index contributed by atoms with van der Waals surface area (Å²) in [5.74, 6) is 1.69. The Morgan fingerprint density at radius 1 is 1.36 bits per heavy atom. The van der Waals surface area contributed by atoms with E-state index in [0.717, 1.165) is 39.0 Å². The molecule has 3 nitrogen and oxygen atoms in total. The predicted octanol–water partition coefficient (Wildman–Crippen LogP) is 3.82. The number of carbonyl (C=O) groups excluding carboxylic acids is 1. The molecule has 1 saturated heterocycles. The molecule has 0 spiro atoms. The maximum atomic E-state index is 12.6. The first kappa shape index (κ1) is 16.0. The smallest absolute Gasteiger partial charge is 0.226 e. The van der Waals surface area contributed by atoms with Crippen molar-refractivity contribution in [3.8, 4) is 0 Å². The fraction of sp³-hybridized carbons (Fsp3) is 0.722. The van der Waals surface area contributed by atoms with Gasteiger partial charge >= 0.3 is 0 Å². The van der Waals surface area contributed by atoms with Crippen molar-refractivity contribution in [1.82, 2.24) is 4.90 Å². The molecule has 2 heterocycles. The number of ether oxygens (including phenoxy) is 1. The van der Waals surface area contributed by atoms with Crippen molar-refractivity contribution in [2.75, 3.05) is 19.7 Å². The van der Waals surface area contributed by atoms with Crippen LogP contribution in [0, 0.1) is 18.8 Å². The number of nitrogens with zero attached hydrogens (tertiary/aromatic N) is 1. The van der Waals surface area contributed by atoms with Crippen LogP contribution in [0.25, 0.3) is 0 Å².